The van der Waals surface area contributed by atoms with Gasteiger partial charge in [0.15, 0.2) is 11.6 Å². The first-order valence-electron chi connectivity index (χ1n) is 8.04. The van der Waals surface area contributed by atoms with Gasteiger partial charge in [-0.25, -0.2) is 9.97 Å². The summed E-state index contributed by atoms with van der Waals surface area (Å²) in [5.41, 5.74) is 9.45. The van der Waals surface area contributed by atoms with Crippen molar-refractivity contribution in [3.05, 3.63) is 54.4 Å². The second-order valence-electron chi connectivity index (χ2n) is 5.67. The maximum Gasteiger partial charge on any atom is 0.159 e. The molecule has 1 aromatic heterocycles. The highest BCUT2D eigenvalue weighted by Gasteiger charge is 2.12. The van der Waals surface area contributed by atoms with E-state index in [1.165, 1.54) is 11.9 Å². The number of methoxy groups -OCH3 is 2. The molecule has 0 saturated carbocycles. The normalized spacial score (nSPS) is 10.3. The van der Waals surface area contributed by atoms with Gasteiger partial charge in [0.1, 0.15) is 23.5 Å². The summed E-state index contributed by atoms with van der Waals surface area (Å²) in [5.74, 6) is 2.33. The molecular formula is C19H21N5O2. The molecule has 26 heavy (non-hydrogen) atoms. The van der Waals surface area contributed by atoms with Crippen molar-refractivity contribution in [3.63, 3.8) is 0 Å². The molecule has 1 heterocycles. The van der Waals surface area contributed by atoms with Gasteiger partial charge in [-0.2, -0.15) is 0 Å². The number of anilines is 5. The molecule has 0 aliphatic carbocycles. The Labute approximate surface area is 152 Å². The van der Waals surface area contributed by atoms with Gasteiger partial charge in [0.2, 0.25) is 0 Å². The molecule has 7 nitrogen and oxygen atoms in total. The van der Waals surface area contributed by atoms with E-state index in [0.717, 1.165) is 11.4 Å². The van der Waals surface area contributed by atoms with Gasteiger partial charge in [-0.1, -0.05) is 17.7 Å². The molecule has 0 aliphatic heterocycles. The number of nitrogens with two attached hydrogens (primary N) is 1. The fraction of sp³-hybridized carbons (Fsp3) is 0.158. The number of aryl methyl sites for hydroxylation is 1. The van der Waals surface area contributed by atoms with E-state index in [1.54, 1.807) is 20.3 Å². The fourth-order valence-corrected chi connectivity index (χ4v) is 2.40. The van der Waals surface area contributed by atoms with Gasteiger partial charge in [0.25, 0.3) is 0 Å². The Bertz CT molecular complexity index is 897. The SMILES string of the molecule is COc1ccc(Nc2ncnc(Nc3ccc(C)cc3)c2N)c(OC)c1. The van der Waals surface area contributed by atoms with E-state index in [1.807, 2.05) is 43.3 Å². The maximum atomic E-state index is 6.24. The Kier molecular flexibility index (Phi) is 5.07. The van der Waals surface area contributed by atoms with Gasteiger partial charge < -0.3 is 25.8 Å². The Balaban J connectivity index is 1.86. The first-order chi connectivity index (χ1) is 12.6. The van der Waals surface area contributed by atoms with Crippen LogP contribution < -0.4 is 25.8 Å². The molecule has 0 bridgehead atoms. The molecule has 0 fully saturated rings. The number of benzene rings is 2. The lowest BCUT2D eigenvalue weighted by Crippen LogP contribution is -2.06. The summed E-state index contributed by atoms with van der Waals surface area (Å²) in [5, 5.41) is 6.39. The van der Waals surface area contributed by atoms with Crippen LogP contribution in [0.4, 0.5) is 28.7 Å². The van der Waals surface area contributed by atoms with Crippen LogP contribution in [-0.4, -0.2) is 24.2 Å². The number of hydrogen-bond acceptors (Lipinski definition) is 7. The van der Waals surface area contributed by atoms with E-state index in [0.29, 0.717) is 28.8 Å². The van der Waals surface area contributed by atoms with E-state index in [2.05, 4.69) is 20.6 Å². The Morgan fingerprint density at radius 3 is 2.23 bits per heavy atom. The van der Waals surface area contributed by atoms with Crippen LogP contribution in [0.5, 0.6) is 11.5 Å². The van der Waals surface area contributed by atoms with Crippen molar-refractivity contribution >= 4 is 28.7 Å². The van der Waals surface area contributed by atoms with Crippen molar-refractivity contribution in [2.45, 2.75) is 6.92 Å². The third-order valence-corrected chi connectivity index (χ3v) is 3.86. The number of nitrogens with zero attached hydrogens (tertiary/aromatic N) is 2. The largest absolute Gasteiger partial charge is 0.497 e. The molecule has 2 aromatic carbocycles. The molecule has 0 atom stereocenters. The van der Waals surface area contributed by atoms with Crippen molar-refractivity contribution in [1.82, 2.24) is 9.97 Å². The highest BCUT2D eigenvalue weighted by atomic mass is 16.5. The van der Waals surface area contributed by atoms with Crippen molar-refractivity contribution in [2.24, 2.45) is 0 Å². The summed E-state index contributed by atoms with van der Waals surface area (Å²) in [7, 11) is 3.20. The molecule has 0 unspecified atom stereocenters. The zero-order valence-corrected chi connectivity index (χ0v) is 14.9. The van der Waals surface area contributed by atoms with Crippen LogP contribution in [0.15, 0.2) is 48.8 Å². The van der Waals surface area contributed by atoms with Crippen molar-refractivity contribution in [1.29, 1.82) is 0 Å². The van der Waals surface area contributed by atoms with Crippen LogP contribution in [0.3, 0.4) is 0 Å². The third-order valence-electron chi connectivity index (χ3n) is 3.86. The molecule has 0 aliphatic rings. The predicted molar refractivity (Wildman–Crippen MR) is 104 cm³/mol. The molecule has 3 rings (SSSR count). The smallest absolute Gasteiger partial charge is 0.159 e. The van der Waals surface area contributed by atoms with Crippen molar-refractivity contribution in [3.8, 4) is 11.5 Å². The average Bonchev–Trinajstić information content (AvgIpc) is 2.67. The highest BCUT2D eigenvalue weighted by Crippen LogP contribution is 2.34. The van der Waals surface area contributed by atoms with Crippen LogP contribution >= 0.6 is 0 Å². The number of aromatic nitrogens is 2. The van der Waals surface area contributed by atoms with Gasteiger partial charge in [-0.3, -0.25) is 0 Å². The van der Waals surface area contributed by atoms with E-state index >= 15 is 0 Å². The number of ether oxygens (including phenoxy) is 2. The van der Waals surface area contributed by atoms with E-state index in [4.69, 9.17) is 15.2 Å². The van der Waals surface area contributed by atoms with Gasteiger partial charge in [0, 0.05) is 11.8 Å². The molecule has 0 saturated heterocycles. The molecule has 3 aromatic rings. The lowest BCUT2D eigenvalue weighted by atomic mass is 10.2. The zero-order valence-electron chi connectivity index (χ0n) is 14.9. The van der Waals surface area contributed by atoms with Crippen LogP contribution in [0.25, 0.3) is 0 Å². The summed E-state index contributed by atoms with van der Waals surface area (Å²) in [6.07, 6.45) is 1.45. The monoisotopic (exact) mass is 351 g/mol. The molecular weight excluding hydrogens is 330 g/mol. The van der Waals surface area contributed by atoms with E-state index in [9.17, 15) is 0 Å². The summed E-state index contributed by atoms with van der Waals surface area (Å²) < 4.78 is 10.6. The second kappa shape index (κ2) is 7.60. The third kappa shape index (κ3) is 3.77. The highest BCUT2D eigenvalue weighted by molar-refractivity contribution is 5.81. The zero-order chi connectivity index (χ0) is 18.5. The van der Waals surface area contributed by atoms with Gasteiger partial charge in [-0.05, 0) is 31.2 Å². The van der Waals surface area contributed by atoms with Gasteiger partial charge >= 0.3 is 0 Å². The fourth-order valence-electron chi connectivity index (χ4n) is 2.40. The van der Waals surface area contributed by atoms with Crippen LogP contribution in [0, 0.1) is 6.92 Å². The van der Waals surface area contributed by atoms with E-state index < -0.39 is 0 Å². The Hall–Kier alpha value is -3.48. The average molecular weight is 351 g/mol. The summed E-state index contributed by atoms with van der Waals surface area (Å²) in [6, 6.07) is 13.4. The van der Waals surface area contributed by atoms with Crippen LogP contribution in [0.1, 0.15) is 5.56 Å². The molecule has 0 radical (unpaired) electrons. The lowest BCUT2D eigenvalue weighted by Gasteiger charge is -2.15. The minimum Gasteiger partial charge on any atom is -0.497 e. The molecule has 0 spiro atoms. The summed E-state index contributed by atoms with van der Waals surface area (Å²) in [4.78, 5) is 8.46. The Morgan fingerprint density at radius 1 is 0.885 bits per heavy atom. The van der Waals surface area contributed by atoms with Crippen molar-refractivity contribution in [2.75, 3.05) is 30.6 Å². The summed E-state index contributed by atoms with van der Waals surface area (Å²) in [6.45, 7) is 2.03. The van der Waals surface area contributed by atoms with Crippen LogP contribution in [0.2, 0.25) is 0 Å². The standard InChI is InChI=1S/C19H21N5O2/c1-12-4-6-13(7-5-12)23-18-17(20)19(22-11-21-18)24-15-9-8-14(25-2)10-16(15)26-3/h4-11H,20H2,1-3H3,(H2,21,22,23,24). The molecule has 0 amide bonds. The number of nitrogens with one attached hydrogen (secondary N) is 2. The lowest BCUT2D eigenvalue weighted by molar-refractivity contribution is 0.395. The van der Waals surface area contributed by atoms with Gasteiger partial charge in [-0.15, -0.1) is 0 Å². The minimum absolute atomic E-state index is 0.408. The second-order valence-corrected chi connectivity index (χ2v) is 5.67. The summed E-state index contributed by atoms with van der Waals surface area (Å²) >= 11 is 0. The molecule has 134 valence electrons. The molecule has 4 N–H and O–H groups in total. The first-order valence-corrected chi connectivity index (χ1v) is 8.04. The minimum atomic E-state index is 0.408. The van der Waals surface area contributed by atoms with Crippen molar-refractivity contribution < 1.29 is 9.47 Å². The topological polar surface area (TPSA) is 94.3 Å². The molecule has 7 heteroatoms. The first kappa shape index (κ1) is 17.3. The van der Waals surface area contributed by atoms with Crippen LogP contribution in [-0.2, 0) is 0 Å². The quantitative estimate of drug-likeness (QED) is 0.620. The number of rotatable bonds is 6. The maximum absolute atomic E-state index is 6.24. The Morgan fingerprint density at radius 2 is 1.58 bits per heavy atom. The predicted octanol–water partition coefficient (Wildman–Crippen LogP) is 3.87. The number of hydrogen-bond donors (Lipinski definition) is 3. The van der Waals surface area contributed by atoms with E-state index in [-0.39, 0.29) is 0 Å². The van der Waals surface area contributed by atoms with Gasteiger partial charge in [0.05, 0.1) is 19.9 Å². The number of nitrogen functional groups attached to an aromatic ring is 1.